The molecule has 1 unspecified atom stereocenters. The van der Waals surface area contributed by atoms with Gasteiger partial charge < -0.3 is 15.4 Å². The lowest BCUT2D eigenvalue weighted by molar-refractivity contribution is -0.146. The Balaban J connectivity index is 2.74. The van der Waals surface area contributed by atoms with Gasteiger partial charge in [-0.25, -0.2) is 9.59 Å². The summed E-state index contributed by atoms with van der Waals surface area (Å²) in [7, 11) is 0. The molecule has 0 fully saturated rings. The maximum Gasteiger partial charge on any atom is 0.328 e. The minimum Gasteiger partial charge on any atom is -0.464 e. The number of ether oxygens (including phenoxy) is 1. The quantitative estimate of drug-likeness (QED) is 0.808. The molecular weight excluding hydrogens is 315 g/mol. The topological polar surface area (TPSA) is 67.4 Å². The SMILES string of the molecule is CCOC(=O)C(NC(=O)Nc1cccc(Cl)c1Cl)C(C)C. The summed E-state index contributed by atoms with van der Waals surface area (Å²) in [6, 6.07) is 3.61. The van der Waals surface area contributed by atoms with Gasteiger partial charge in [0.1, 0.15) is 6.04 Å². The minimum absolute atomic E-state index is 0.107. The van der Waals surface area contributed by atoms with Gasteiger partial charge in [0.25, 0.3) is 0 Å². The number of urea groups is 1. The van der Waals surface area contributed by atoms with Crippen LogP contribution in [0.25, 0.3) is 0 Å². The van der Waals surface area contributed by atoms with E-state index in [1.54, 1.807) is 25.1 Å². The van der Waals surface area contributed by atoms with Crippen molar-refractivity contribution in [1.29, 1.82) is 0 Å². The van der Waals surface area contributed by atoms with Crippen LogP contribution in [-0.2, 0) is 9.53 Å². The smallest absolute Gasteiger partial charge is 0.328 e. The molecule has 0 saturated heterocycles. The predicted molar refractivity (Wildman–Crippen MR) is 83.9 cm³/mol. The summed E-state index contributed by atoms with van der Waals surface area (Å²) < 4.78 is 4.93. The number of rotatable bonds is 5. The van der Waals surface area contributed by atoms with Crippen molar-refractivity contribution >= 4 is 40.9 Å². The van der Waals surface area contributed by atoms with Crippen molar-refractivity contribution in [3.63, 3.8) is 0 Å². The van der Waals surface area contributed by atoms with E-state index in [1.165, 1.54) is 0 Å². The Bertz CT molecular complexity index is 521. The molecule has 2 N–H and O–H groups in total. The Morgan fingerprint density at radius 2 is 1.95 bits per heavy atom. The normalized spacial score (nSPS) is 11.9. The molecule has 1 rings (SSSR count). The summed E-state index contributed by atoms with van der Waals surface area (Å²) in [5.74, 6) is -0.579. The third-order valence-electron chi connectivity index (χ3n) is 2.69. The molecule has 0 aromatic heterocycles. The standard InChI is InChI=1S/C14H18Cl2N2O3/c1-4-21-13(19)12(8(2)3)18-14(20)17-10-7-5-6-9(15)11(10)16/h5-8,12H,4H2,1-3H3,(H2,17,18,20). The van der Waals surface area contributed by atoms with Crippen LogP contribution in [-0.4, -0.2) is 24.6 Å². The molecule has 0 radical (unpaired) electrons. The summed E-state index contributed by atoms with van der Waals surface area (Å²) in [5, 5.41) is 5.70. The Morgan fingerprint density at radius 1 is 1.29 bits per heavy atom. The minimum atomic E-state index is -0.733. The molecule has 0 bridgehead atoms. The predicted octanol–water partition coefficient (Wildman–Crippen LogP) is 3.70. The molecule has 0 heterocycles. The molecule has 116 valence electrons. The number of esters is 1. The number of hydrogen-bond acceptors (Lipinski definition) is 3. The number of carbonyl (C=O) groups excluding carboxylic acids is 2. The maximum absolute atomic E-state index is 12.0. The van der Waals surface area contributed by atoms with Gasteiger partial charge in [-0.05, 0) is 25.0 Å². The number of amides is 2. The van der Waals surface area contributed by atoms with E-state index < -0.39 is 18.0 Å². The van der Waals surface area contributed by atoms with E-state index in [-0.39, 0.29) is 17.5 Å². The van der Waals surface area contributed by atoms with Gasteiger partial charge in [-0.1, -0.05) is 43.1 Å². The first kappa shape index (κ1) is 17.6. The molecule has 0 aliphatic heterocycles. The monoisotopic (exact) mass is 332 g/mol. The fourth-order valence-corrected chi connectivity index (χ4v) is 1.98. The second-order valence-electron chi connectivity index (χ2n) is 4.67. The summed E-state index contributed by atoms with van der Waals surface area (Å²) in [4.78, 5) is 23.7. The van der Waals surface area contributed by atoms with Gasteiger partial charge in [0.15, 0.2) is 0 Å². The number of carbonyl (C=O) groups is 2. The van der Waals surface area contributed by atoms with Crippen LogP contribution < -0.4 is 10.6 Å². The third kappa shape index (κ3) is 5.10. The van der Waals surface area contributed by atoms with Crippen molar-refractivity contribution in [3.8, 4) is 0 Å². The molecule has 1 aromatic rings. The van der Waals surface area contributed by atoms with Crippen LogP contribution in [0.1, 0.15) is 20.8 Å². The van der Waals surface area contributed by atoms with E-state index >= 15 is 0 Å². The first-order valence-corrected chi connectivity index (χ1v) is 7.30. The number of benzene rings is 1. The highest BCUT2D eigenvalue weighted by atomic mass is 35.5. The van der Waals surface area contributed by atoms with Crippen LogP contribution in [0.5, 0.6) is 0 Å². The van der Waals surface area contributed by atoms with E-state index in [1.807, 2.05) is 13.8 Å². The first-order chi connectivity index (χ1) is 9.86. The van der Waals surface area contributed by atoms with Gasteiger partial charge in [0, 0.05) is 0 Å². The van der Waals surface area contributed by atoms with Gasteiger partial charge in [-0.2, -0.15) is 0 Å². The summed E-state index contributed by atoms with van der Waals surface area (Å²) in [5.41, 5.74) is 0.369. The summed E-state index contributed by atoms with van der Waals surface area (Å²) in [6.45, 7) is 5.59. The Morgan fingerprint density at radius 3 is 2.52 bits per heavy atom. The van der Waals surface area contributed by atoms with Crippen LogP contribution in [0, 0.1) is 5.92 Å². The van der Waals surface area contributed by atoms with Gasteiger partial charge in [-0.15, -0.1) is 0 Å². The van der Waals surface area contributed by atoms with Gasteiger partial charge in [0.05, 0.1) is 22.3 Å². The van der Waals surface area contributed by atoms with Crippen LogP contribution in [0.4, 0.5) is 10.5 Å². The molecule has 0 aliphatic carbocycles. The fraction of sp³-hybridized carbons (Fsp3) is 0.429. The molecule has 2 amide bonds. The lowest BCUT2D eigenvalue weighted by Gasteiger charge is -2.21. The molecule has 21 heavy (non-hydrogen) atoms. The van der Waals surface area contributed by atoms with Crippen molar-refractivity contribution in [3.05, 3.63) is 28.2 Å². The van der Waals surface area contributed by atoms with Crippen molar-refractivity contribution in [2.75, 3.05) is 11.9 Å². The number of nitrogens with one attached hydrogen (secondary N) is 2. The highest BCUT2D eigenvalue weighted by Gasteiger charge is 2.25. The van der Waals surface area contributed by atoms with E-state index in [0.29, 0.717) is 10.7 Å². The third-order valence-corrected chi connectivity index (χ3v) is 3.51. The molecule has 7 heteroatoms. The fourth-order valence-electron chi connectivity index (χ4n) is 1.63. The summed E-state index contributed by atoms with van der Waals surface area (Å²) in [6.07, 6.45) is 0. The van der Waals surface area contributed by atoms with Crippen molar-refractivity contribution < 1.29 is 14.3 Å². The largest absolute Gasteiger partial charge is 0.464 e. The Kier molecular flexibility index (Phi) is 6.78. The zero-order valence-electron chi connectivity index (χ0n) is 12.1. The first-order valence-electron chi connectivity index (χ1n) is 6.55. The number of anilines is 1. The van der Waals surface area contributed by atoms with E-state index in [9.17, 15) is 9.59 Å². The van der Waals surface area contributed by atoms with Crippen LogP contribution in [0.15, 0.2) is 18.2 Å². The van der Waals surface area contributed by atoms with E-state index in [2.05, 4.69) is 10.6 Å². The maximum atomic E-state index is 12.0. The second-order valence-corrected chi connectivity index (χ2v) is 5.46. The van der Waals surface area contributed by atoms with Gasteiger partial charge >= 0.3 is 12.0 Å². The van der Waals surface area contributed by atoms with Gasteiger partial charge in [0.2, 0.25) is 0 Å². The molecule has 0 spiro atoms. The second kappa shape index (κ2) is 8.10. The van der Waals surface area contributed by atoms with E-state index in [0.717, 1.165) is 0 Å². The molecule has 1 atom stereocenters. The molecule has 0 saturated carbocycles. The average molecular weight is 333 g/mol. The van der Waals surface area contributed by atoms with Crippen molar-refractivity contribution in [2.45, 2.75) is 26.8 Å². The zero-order chi connectivity index (χ0) is 16.0. The van der Waals surface area contributed by atoms with Crippen LogP contribution in [0.2, 0.25) is 10.0 Å². The van der Waals surface area contributed by atoms with Gasteiger partial charge in [-0.3, -0.25) is 0 Å². The number of hydrogen-bond donors (Lipinski definition) is 2. The van der Waals surface area contributed by atoms with Crippen LogP contribution >= 0.6 is 23.2 Å². The zero-order valence-corrected chi connectivity index (χ0v) is 13.6. The van der Waals surface area contributed by atoms with Crippen molar-refractivity contribution in [1.82, 2.24) is 5.32 Å². The van der Waals surface area contributed by atoms with E-state index in [4.69, 9.17) is 27.9 Å². The average Bonchev–Trinajstić information content (AvgIpc) is 2.41. The molecule has 1 aromatic carbocycles. The molecule has 5 nitrogen and oxygen atoms in total. The highest BCUT2D eigenvalue weighted by Crippen LogP contribution is 2.29. The van der Waals surface area contributed by atoms with Crippen molar-refractivity contribution in [2.24, 2.45) is 5.92 Å². The lowest BCUT2D eigenvalue weighted by Crippen LogP contribution is -2.47. The number of halogens is 2. The summed E-state index contributed by atoms with van der Waals surface area (Å²) >= 11 is 11.8. The lowest BCUT2D eigenvalue weighted by atomic mass is 10.1. The van der Waals surface area contributed by atoms with Crippen LogP contribution in [0.3, 0.4) is 0 Å². The highest BCUT2D eigenvalue weighted by molar-refractivity contribution is 6.43. The molecule has 0 aliphatic rings. The Labute approximate surface area is 133 Å². The Hall–Kier alpha value is -1.46. The molecular formula is C14H18Cl2N2O3.